The normalized spacial score (nSPS) is 9.90. The van der Waals surface area contributed by atoms with Crippen molar-refractivity contribution in [2.75, 3.05) is 0 Å². The Labute approximate surface area is 119 Å². The van der Waals surface area contributed by atoms with Crippen LogP contribution < -0.4 is 5.73 Å². The van der Waals surface area contributed by atoms with Crippen LogP contribution in [0.15, 0.2) is 30.9 Å². The lowest BCUT2D eigenvalue weighted by molar-refractivity contribution is 0.1000. The maximum atomic E-state index is 10.4. The summed E-state index contributed by atoms with van der Waals surface area (Å²) >= 11 is 5.61. The number of H-pyrrole nitrogens is 1. The summed E-state index contributed by atoms with van der Waals surface area (Å²) in [5.41, 5.74) is 7.63. The molecule has 102 valence electrons. The lowest BCUT2D eigenvalue weighted by atomic mass is 10.3. The Balaban J connectivity index is 0.000000151. The number of primary amides is 1. The number of aromatic amines is 1. The van der Waals surface area contributed by atoms with E-state index in [1.54, 1.807) is 24.7 Å². The molecule has 1 amide bonds. The Bertz CT molecular complexity index is 727. The summed E-state index contributed by atoms with van der Waals surface area (Å²) in [6, 6.07) is 3.29. The topological polar surface area (TPSA) is 110 Å². The standard InChI is InChI=1S/C6H5ClN4.C6H6N2O/c1-3-4-5(9-2-8-4)11-6(7)10-3;7-6(9)5-2-1-3-8-4-5/h2H,1H3,(H,8,9,10,11);1-4H,(H2,7,9). The zero-order valence-corrected chi connectivity index (χ0v) is 11.3. The monoisotopic (exact) mass is 290 g/mol. The third kappa shape index (κ3) is 3.27. The highest BCUT2D eigenvalue weighted by molar-refractivity contribution is 6.28. The largest absolute Gasteiger partial charge is 0.366 e. The number of hydrogen-bond acceptors (Lipinski definition) is 5. The number of amides is 1. The van der Waals surface area contributed by atoms with Crippen molar-refractivity contribution in [3.8, 4) is 0 Å². The first kappa shape index (κ1) is 13.9. The number of fused-ring (bicyclic) bond motifs is 1. The molecule has 0 unspecified atom stereocenters. The van der Waals surface area contributed by atoms with Crippen molar-refractivity contribution in [3.63, 3.8) is 0 Å². The summed E-state index contributed by atoms with van der Waals surface area (Å²) in [6.07, 6.45) is 4.59. The number of rotatable bonds is 1. The van der Waals surface area contributed by atoms with Gasteiger partial charge >= 0.3 is 0 Å². The number of imidazole rings is 1. The number of carbonyl (C=O) groups is 1. The highest BCUT2D eigenvalue weighted by Crippen LogP contribution is 2.11. The zero-order valence-electron chi connectivity index (χ0n) is 10.5. The Morgan fingerprint density at radius 1 is 1.40 bits per heavy atom. The first-order valence-corrected chi connectivity index (χ1v) is 5.99. The molecular formula is C12H11ClN6O. The van der Waals surface area contributed by atoms with Crippen LogP contribution in [-0.2, 0) is 0 Å². The summed E-state index contributed by atoms with van der Waals surface area (Å²) < 4.78 is 0. The molecule has 3 N–H and O–H groups in total. The van der Waals surface area contributed by atoms with Crippen LogP contribution in [0.3, 0.4) is 0 Å². The molecule has 0 saturated carbocycles. The van der Waals surface area contributed by atoms with E-state index in [0.29, 0.717) is 11.2 Å². The van der Waals surface area contributed by atoms with Crippen LogP contribution in [0.25, 0.3) is 11.2 Å². The van der Waals surface area contributed by atoms with Crippen LogP contribution in [0.5, 0.6) is 0 Å². The predicted molar refractivity (Wildman–Crippen MR) is 74.2 cm³/mol. The summed E-state index contributed by atoms with van der Waals surface area (Å²) in [5.74, 6) is -0.442. The van der Waals surface area contributed by atoms with Crippen LogP contribution in [0.2, 0.25) is 5.28 Å². The number of nitrogens with one attached hydrogen (secondary N) is 1. The molecular weight excluding hydrogens is 280 g/mol. The van der Waals surface area contributed by atoms with Crippen molar-refractivity contribution in [1.29, 1.82) is 0 Å². The molecule has 0 fully saturated rings. The van der Waals surface area contributed by atoms with Crippen LogP contribution >= 0.6 is 11.6 Å². The number of pyridine rings is 1. The molecule has 3 heterocycles. The van der Waals surface area contributed by atoms with Crippen molar-refractivity contribution in [2.45, 2.75) is 6.92 Å². The maximum absolute atomic E-state index is 10.4. The maximum Gasteiger partial charge on any atom is 0.250 e. The molecule has 0 aliphatic rings. The molecule has 0 spiro atoms. The van der Waals surface area contributed by atoms with E-state index in [0.717, 1.165) is 11.2 Å². The van der Waals surface area contributed by atoms with Gasteiger partial charge in [0, 0.05) is 12.4 Å². The average Bonchev–Trinajstić information content (AvgIpc) is 2.89. The van der Waals surface area contributed by atoms with E-state index < -0.39 is 5.91 Å². The van der Waals surface area contributed by atoms with Gasteiger partial charge in [-0.1, -0.05) is 0 Å². The molecule has 7 nitrogen and oxygen atoms in total. The van der Waals surface area contributed by atoms with Gasteiger partial charge < -0.3 is 10.7 Å². The molecule has 0 bridgehead atoms. The zero-order chi connectivity index (χ0) is 14.5. The van der Waals surface area contributed by atoms with E-state index in [1.165, 1.54) is 6.20 Å². The van der Waals surface area contributed by atoms with Gasteiger partial charge in [0.15, 0.2) is 5.65 Å². The first-order chi connectivity index (χ1) is 9.58. The van der Waals surface area contributed by atoms with Crippen molar-refractivity contribution in [1.82, 2.24) is 24.9 Å². The molecule has 0 aromatic carbocycles. The van der Waals surface area contributed by atoms with E-state index in [9.17, 15) is 4.79 Å². The smallest absolute Gasteiger partial charge is 0.250 e. The van der Waals surface area contributed by atoms with E-state index in [2.05, 4.69) is 24.9 Å². The van der Waals surface area contributed by atoms with Gasteiger partial charge in [0.2, 0.25) is 11.2 Å². The van der Waals surface area contributed by atoms with E-state index >= 15 is 0 Å². The Hall–Kier alpha value is -2.54. The number of aryl methyl sites for hydroxylation is 1. The molecule has 0 aliphatic carbocycles. The van der Waals surface area contributed by atoms with Crippen LogP contribution in [-0.4, -0.2) is 30.8 Å². The molecule has 3 rings (SSSR count). The molecule has 20 heavy (non-hydrogen) atoms. The fourth-order valence-electron chi connectivity index (χ4n) is 1.45. The minimum absolute atomic E-state index is 0.249. The summed E-state index contributed by atoms with van der Waals surface area (Å²) in [4.78, 5) is 28.8. The van der Waals surface area contributed by atoms with Gasteiger partial charge in [-0.15, -0.1) is 0 Å². The van der Waals surface area contributed by atoms with Gasteiger partial charge in [0.05, 0.1) is 17.6 Å². The van der Waals surface area contributed by atoms with Crippen molar-refractivity contribution in [2.24, 2.45) is 5.73 Å². The Kier molecular flexibility index (Phi) is 4.21. The number of aromatic nitrogens is 5. The van der Waals surface area contributed by atoms with Crippen molar-refractivity contribution in [3.05, 3.63) is 47.4 Å². The second-order valence-electron chi connectivity index (χ2n) is 3.78. The van der Waals surface area contributed by atoms with Crippen LogP contribution in [0.1, 0.15) is 16.1 Å². The van der Waals surface area contributed by atoms with Crippen LogP contribution in [0.4, 0.5) is 0 Å². The van der Waals surface area contributed by atoms with E-state index in [1.807, 2.05) is 6.92 Å². The van der Waals surface area contributed by atoms with Gasteiger partial charge in [0.25, 0.3) is 0 Å². The third-order valence-corrected chi connectivity index (χ3v) is 2.54. The fraction of sp³-hybridized carbons (Fsp3) is 0.0833. The minimum atomic E-state index is -0.442. The van der Waals surface area contributed by atoms with Crippen molar-refractivity contribution < 1.29 is 4.79 Å². The van der Waals surface area contributed by atoms with Gasteiger partial charge in [-0.3, -0.25) is 9.78 Å². The number of nitrogens with zero attached hydrogens (tertiary/aromatic N) is 4. The van der Waals surface area contributed by atoms with E-state index in [4.69, 9.17) is 17.3 Å². The molecule has 3 aromatic heterocycles. The summed E-state index contributed by atoms with van der Waals surface area (Å²) in [6.45, 7) is 1.84. The molecule has 0 saturated heterocycles. The Morgan fingerprint density at radius 3 is 2.80 bits per heavy atom. The number of nitrogens with two attached hydrogens (primary N) is 1. The highest BCUT2D eigenvalue weighted by Gasteiger charge is 2.03. The Morgan fingerprint density at radius 2 is 2.20 bits per heavy atom. The highest BCUT2D eigenvalue weighted by atomic mass is 35.5. The second-order valence-corrected chi connectivity index (χ2v) is 4.12. The average molecular weight is 291 g/mol. The molecule has 0 atom stereocenters. The van der Waals surface area contributed by atoms with Gasteiger partial charge in [0.1, 0.15) is 5.52 Å². The lowest BCUT2D eigenvalue weighted by Gasteiger charge is -1.92. The fourth-order valence-corrected chi connectivity index (χ4v) is 1.67. The molecule has 0 radical (unpaired) electrons. The van der Waals surface area contributed by atoms with Gasteiger partial charge in [-0.25, -0.2) is 9.97 Å². The van der Waals surface area contributed by atoms with Gasteiger partial charge in [-0.2, -0.15) is 4.98 Å². The van der Waals surface area contributed by atoms with Crippen molar-refractivity contribution >= 4 is 28.7 Å². The molecule has 0 aliphatic heterocycles. The summed E-state index contributed by atoms with van der Waals surface area (Å²) in [5, 5.41) is 0.249. The first-order valence-electron chi connectivity index (χ1n) is 5.61. The van der Waals surface area contributed by atoms with E-state index in [-0.39, 0.29) is 5.28 Å². The van der Waals surface area contributed by atoms with Crippen LogP contribution in [0, 0.1) is 6.92 Å². The summed E-state index contributed by atoms with van der Waals surface area (Å²) in [7, 11) is 0. The third-order valence-electron chi connectivity index (χ3n) is 2.37. The lowest BCUT2D eigenvalue weighted by Crippen LogP contribution is -2.10. The SMILES string of the molecule is Cc1nc(Cl)nc2[nH]cnc12.NC(=O)c1cccnc1. The number of hydrogen-bond donors (Lipinski definition) is 2. The minimum Gasteiger partial charge on any atom is -0.366 e. The number of halogens is 1. The van der Waals surface area contributed by atoms with Gasteiger partial charge in [-0.05, 0) is 30.7 Å². The quantitative estimate of drug-likeness (QED) is 0.660. The molecule has 8 heteroatoms. The number of carbonyl (C=O) groups excluding carboxylic acids is 1. The second kappa shape index (κ2) is 6.07. The molecule has 3 aromatic rings. The predicted octanol–water partition coefficient (Wildman–Crippen LogP) is 1.50.